The summed E-state index contributed by atoms with van der Waals surface area (Å²) >= 11 is 0. The Morgan fingerprint density at radius 3 is 2.73 bits per heavy atom. The first kappa shape index (κ1) is 10.3. The normalized spacial score (nSPS) is 26.3. The summed E-state index contributed by atoms with van der Waals surface area (Å²) in [5.74, 6) is 0.907. The second-order valence-electron chi connectivity index (χ2n) is 4.34. The minimum absolute atomic E-state index is 0.391. The minimum Gasteiger partial charge on any atom is -0.351 e. The van der Waals surface area contributed by atoms with Crippen LogP contribution < -0.4 is 5.32 Å². The number of rotatable bonds is 2. The van der Waals surface area contributed by atoms with Crippen LogP contribution in [0.4, 0.5) is 10.3 Å². The molecule has 2 atom stereocenters. The lowest BCUT2D eigenvalue weighted by Gasteiger charge is -2.27. The van der Waals surface area contributed by atoms with Crippen LogP contribution in [0.25, 0.3) is 0 Å². The second kappa shape index (κ2) is 4.55. The molecule has 0 aromatic carbocycles. The smallest absolute Gasteiger partial charge is 0.222 e. The van der Waals surface area contributed by atoms with E-state index in [9.17, 15) is 4.39 Å². The SMILES string of the molecule is CC1CCCC(Nc2ncc(F)cn2)C1. The van der Waals surface area contributed by atoms with Crippen molar-refractivity contribution in [2.45, 2.75) is 38.6 Å². The van der Waals surface area contributed by atoms with Crippen LogP contribution in [0, 0.1) is 11.7 Å². The molecule has 0 bridgehead atoms. The summed E-state index contributed by atoms with van der Waals surface area (Å²) in [6.45, 7) is 2.26. The summed E-state index contributed by atoms with van der Waals surface area (Å²) in [5, 5.41) is 3.25. The van der Waals surface area contributed by atoms with Crippen molar-refractivity contribution in [3.05, 3.63) is 18.2 Å². The topological polar surface area (TPSA) is 37.8 Å². The molecule has 1 heterocycles. The lowest BCUT2D eigenvalue weighted by Crippen LogP contribution is -2.27. The van der Waals surface area contributed by atoms with E-state index in [1.165, 1.54) is 25.2 Å². The van der Waals surface area contributed by atoms with Crippen LogP contribution in [0.3, 0.4) is 0 Å². The molecule has 1 N–H and O–H groups in total. The van der Waals surface area contributed by atoms with E-state index in [-0.39, 0.29) is 0 Å². The predicted molar refractivity (Wildman–Crippen MR) is 57.0 cm³/mol. The van der Waals surface area contributed by atoms with E-state index in [2.05, 4.69) is 22.2 Å². The van der Waals surface area contributed by atoms with Gasteiger partial charge in [-0.15, -0.1) is 0 Å². The van der Waals surface area contributed by atoms with Gasteiger partial charge in [0, 0.05) is 6.04 Å². The van der Waals surface area contributed by atoms with Gasteiger partial charge in [0.2, 0.25) is 5.95 Å². The van der Waals surface area contributed by atoms with Crippen molar-refractivity contribution in [3.63, 3.8) is 0 Å². The van der Waals surface area contributed by atoms with Gasteiger partial charge in [-0.1, -0.05) is 19.8 Å². The molecule has 1 aliphatic carbocycles. The van der Waals surface area contributed by atoms with Crippen LogP contribution in [0.1, 0.15) is 32.6 Å². The zero-order valence-corrected chi connectivity index (χ0v) is 8.91. The summed E-state index contributed by atoms with van der Waals surface area (Å²) in [7, 11) is 0. The largest absolute Gasteiger partial charge is 0.351 e. The number of nitrogens with one attached hydrogen (secondary N) is 1. The average molecular weight is 209 g/mol. The third-order valence-electron chi connectivity index (χ3n) is 2.89. The summed E-state index contributed by atoms with van der Waals surface area (Å²) in [4.78, 5) is 7.80. The maximum atomic E-state index is 12.6. The van der Waals surface area contributed by atoms with Crippen molar-refractivity contribution in [2.75, 3.05) is 5.32 Å². The van der Waals surface area contributed by atoms with Gasteiger partial charge in [0.05, 0.1) is 12.4 Å². The molecule has 0 amide bonds. The van der Waals surface area contributed by atoms with E-state index in [0.717, 1.165) is 18.8 Å². The fraction of sp³-hybridized carbons (Fsp3) is 0.636. The van der Waals surface area contributed by atoms with Gasteiger partial charge >= 0.3 is 0 Å². The van der Waals surface area contributed by atoms with Gasteiger partial charge < -0.3 is 5.32 Å². The molecule has 3 nitrogen and oxygen atoms in total. The second-order valence-corrected chi connectivity index (χ2v) is 4.34. The lowest BCUT2D eigenvalue weighted by atomic mass is 9.87. The Morgan fingerprint density at radius 1 is 1.33 bits per heavy atom. The van der Waals surface area contributed by atoms with Gasteiger partial charge in [-0.3, -0.25) is 0 Å². The van der Waals surface area contributed by atoms with Gasteiger partial charge in [0.25, 0.3) is 0 Å². The highest BCUT2D eigenvalue weighted by Gasteiger charge is 2.19. The molecular weight excluding hydrogens is 193 g/mol. The lowest BCUT2D eigenvalue weighted by molar-refractivity contribution is 0.357. The fourth-order valence-corrected chi connectivity index (χ4v) is 2.13. The predicted octanol–water partition coefficient (Wildman–Crippen LogP) is 2.61. The number of aromatic nitrogens is 2. The van der Waals surface area contributed by atoms with Crippen molar-refractivity contribution >= 4 is 5.95 Å². The van der Waals surface area contributed by atoms with Gasteiger partial charge in [0.1, 0.15) is 0 Å². The van der Waals surface area contributed by atoms with E-state index in [1.54, 1.807) is 0 Å². The van der Waals surface area contributed by atoms with Crippen LogP contribution in [-0.4, -0.2) is 16.0 Å². The molecule has 1 fully saturated rings. The molecule has 0 saturated heterocycles. The van der Waals surface area contributed by atoms with Crippen LogP contribution in [0.15, 0.2) is 12.4 Å². The van der Waals surface area contributed by atoms with Crippen molar-refractivity contribution < 1.29 is 4.39 Å². The minimum atomic E-state index is -0.391. The number of halogens is 1. The number of hydrogen-bond acceptors (Lipinski definition) is 3. The molecule has 1 aromatic rings. The summed E-state index contributed by atoms with van der Waals surface area (Å²) in [6, 6.07) is 0.444. The molecule has 1 aliphatic rings. The van der Waals surface area contributed by atoms with Crippen LogP contribution in [0.5, 0.6) is 0 Å². The van der Waals surface area contributed by atoms with Crippen molar-refractivity contribution in [1.29, 1.82) is 0 Å². The van der Waals surface area contributed by atoms with E-state index < -0.39 is 5.82 Å². The number of anilines is 1. The molecule has 0 radical (unpaired) electrons. The van der Waals surface area contributed by atoms with Gasteiger partial charge in [-0.2, -0.15) is 0 Å². The van der Waals surface area contributed by atoms with Gasteiger partial charge in [-0.05, 0) is 18.8 Å². The molecule has 4 heteroatoms. The van der Waals surface area contributed by atoms with Crippen molar-refractivity contribution in [2.24, 2.45) is 5.92 Å². The zero-order valence-electron chi connectivity index (χ0n) is 8.91. The van der Waals surface area contributed by atoms with E-state index >= 15 is 0 Å². The van der Waals surface area contributed by atoms with Gasteiger partial charge in [0.15, 0.2) is 5.82 Å². The van der Waals surface area contributed by atoms with E-state index in [0.29, 0.717) is 12.0 Å². The highest BCUT2D eigenvalue weighted by atomic mass is 19.1. The third kappa shape index (κ3) is 2.88. The average Bonchev–Trinajstić information content (AvgIpc) is 2.22. The molecule has 1 saturated carbocycles. The first-order chi connectivity index (χ1) is 7.24. The summed E-state index contributed by atoms with van der Waals surface area (Å²) in [5.41, 5.74) is 0. The Hall–Kier alpha value is -1.19. The van der Waals surface area contributed by atoms with Gasteiger partial charge in [-0.25, -0.2) is 14.4 Å². The number of nitrogens with zero attached hydrogens (tertiary/aromatic N) is 2. The Kier molecular flexibility index (Phi) is 3.14. The fourth-order valence-electron chi connectivity index (χ4n) is 2.13. The Bertz CT molecular complexity index is 312. The highest BCUT2D eigenvalue weighted by molar-refractivity contribution is 5.24. The van der Waals surface area contributed by atoms with Crippen molar-refractivity contribution in [1.82, 2.24) is 9.97 Å². The molecule has 0 aliphatic heterocycles. The molecule has 15 heavy (non-hydrogen) atoms. The van der Waals surface area contributed by atoms with E-state index in [4.69, 9.17) is 0 Å². The highest BCUT2D eigenvalue weighted by Crippen LogP contribution is 2.25. The molecular formula is C11H16FN3. The third-order valence-corrected chi connectivity index (χ3v) is 2.89. The Labute approximate surface area is 89.1 Å². The maximum Gasteiger partial charge on any atom is 0.222 e. The standard InChI is InChI=1S/C11H16FN3/c1-8-3-2-4-10(5-8)15-11-13-6-9(12)7-14-11/h6-8,10H,2-5H2,1H3,(H,13,14,15). The van der Waals surface area contributed by atoms with Crippen LogP contribution in [0.2, 0.25) is 0 Å². The zero-order chi connectivity index (χ0) is 10.7. The molecule has 2 unspecified atom stereocenters. The first-order valence-electron chi connectivity index (χ1n) is 5.48. The molecule has 1 aromatic heterocycles. The van der Waals surface area contributed by atoms with Crippen LogP contribution in [-0.2, 0) is 0 Å². The maximum absolute atomic E-state index is 12.6. The van der Waals surface area contributed by atoms with Crippen LogP contribution >= 0.6 is 0 Å². The molecule has 82 valence electrons. The Morgan fingerprint density at radius 2 is 2.07 bits per heavy atom. The summed E-state index contributed by atoms with van der Waals surface area (Å²) in [6.07, 6.45) is 7.26. The van der Waals surface area contributed by atoms with E-state index in [1.807, 2.05) is 0 Å². The quantitative estimate of drug-likeness (QED) is 0.813. The van der Waals surface area contributed by atoms with Crippen molar-refractivity contribution in [3.8, 4) is 0 Å². The first-order valence-corrected chi connectivity index (χ1v) is 5.48. The molecule has 2 rings (SSSR count). The summed E-state index contributed by atoms with van der Waals surface area (Å²) < 4.78 is 12.6. The Balaban J connectivity index is 1.93. The monoisotopic (exact) mass is 209 g/mol. The molecule has 0 spiro atoms. The number of hydrogen-bond donors (Lipinski definition) is 1.